The Kier molecular flexibility index (Phi) is 6.63. The summed E-state index contributed by atoms with van der Waals surface area (Å²) in [6.07, 6.45) is 2.94. The molecule has 1 fully saturated rings. The van der Waals surface area contributed by atoms with E-state index in [4.69, 9.17) is 10.5 Å². The van der Waals surface area contributed by atoms with Gasteiger partial charge in [0.1, 0.15) is 0 Å². The summed E-state index contributed by atoms with van der Waals surface area (Å²) in [6, 6.07) is 4.98. The summed E-state index contributed by atoms with van der Waals surface area (Å²) in [7, 11) is 1.41. The van der Waals surface area contributed by atoms with E-state index in [9.17, 15) is 8.78 Å². The molecule has 2 rings (SSSR count). The fourth-order valence-corrected chi connectivity index (χ4v) is 2.86. The molecule has 1 heterocycles. The fourth-order valence-electron chi connectivity index (χ4n) is 2.86. The minimum atomic E-state index is -2.89. The SMILES string of the molecule is COc1ccc(CCN=C(N)N2CCCC(C)C2)cc1OC(F)F. The molecule has 24 heavy (non-hydrogen) atoms. The van der Waals surface area contributed by atoms with Crippen LogP contribution in [-0.4, -0.2) is 44.2 Å². The van der Waals surface area contributed by atoms with Crippen molar-refractivity contribution in [1.29, 1.82) is 0 Å². The molecule has 1 aromatic rings. The third-order valence-electron chi connectivity index (χ3n) is 4.10. The number of hydrogen-bond acceptors (Lipinski definition) is 3. The molecule has 0 bridgehead atoms. The van der Waals surface area contributed by atoms with E-state index in [1.165, 1.54) is 13.5 Å². The van der Waals surface area contributed by atoms with Crippen LogP contribution in [0.15, 0.2) is 23.2 Å². The second-order valence-electron chi connectivity index (χ2n) is 6.05. The Hall–Kier alpha value is -2.05. The van der Waals surface area contributed by atoms with Crippen molar-refractivity contribution in [2.75, 3.05) is 26.7 Å². The van der Waals surface area contributed by atoms with Crippen LogP contribution >= 0.6 is 0 Å². The lowest BCUT2D eigenvalue weighted by atomic mass is 10.0. The number of hydrogen-bond donors (Lipinski definition) is 1. The molecule has 1 atom stereocenters. The molecular formula is C17H25F2N3O2. The van der Waals surface area contributed by atoms with Gasteiger partial charge in [-0.2, -0.15) is 8.78 Å². The molecule has 1 aliphatic heterocycles. The fraction of sp³-hybridized carbons (Fsp3) is 0.588. The maximum absolute atomic E-state index is 12.4. The molecule has 0 aliphatic carbocycles. The molecule has 0 radical (unpaired) electrons. The normalized spacial score (nSPS) is 18.8. The molecule has 1 aromatic carbocycles. The molecule has 5 nitrogen and oxygen atoms in total. The van der Waals surface area contributed by atoms with Crippen molar-refractivity contribution >= 4 is 5.96 Å². The van der Waals surface area contributed by atoms with Crippen LogP contribution in [-0.2, 0) is 6.42 Å². The number of nitrogens with zero attached hydrogens (tertiary/aromatic N) is 2. The van der Waals surface area contributed by atoms with E-state index in [1.54, 1.807) is 12.1 Å². The van der Waals surface area contributed by atoms with Gasteiger partial charge in [0, 0.05) is 19.6 Å². The Morgan fingerprint density at radius 3 is 2.88 bits per heavy atom. The number of likely N-dealkylation sites (tertiary alicyclic amines) is 1. The predicted octanol–water partition coefficient (Wildman–Crippen LogP) is 2.89. The number of methoxy groups -OCH3 is 1. The Morgan fingerprint density at radius 2 is 2.21 bits per heavy atom. The van der Waals surface area contributed by atoms with Gasteiger partial charge in [0.05, 0.1) is 7.11 Å². The van der Waals surface area contributed by atoms with Gasteiger partial charge in [-0.1, -0.05) is 13.0 Å². The standard InChI is InChI=1S/C17H25F2N3O2/c1-12-4-3-9-22(11-12)17(20)21-8-7-13-5-6-14(23-2)15(10-13)24-16(18)19/h5-6,10,12,16H,3-4,7-9,11H2,1-2H3,(H2,20,21). The van der Waals surface area contributed by atoms with Crippen molar-refractivity contribution < 1.29 is 18.3 Å². The first kappa shape index (κ1) is 18.3. The van der Waals surface area contributed by atoms with E-state index in [1.807, 2.05) is 6.07 Å². The van der Waals surface area contributed by atoms with Crippen molar-refractivity contribution in [2.45, 2.75) is 32.8 Å². The Morgan fingerprint density at radius 1 is 1.42 bits per heavy atom. The molecule has 0 aromatic heterocycles. The molecule has 7 heteroatoms. The topological polar surface area (TPSA) is 60.1 Å². The van der Waals surface area contributed by atoms with Crippen LogP contribution in [0, 0.1) is 5.92 Å². The van der Waals surface area contributed by atoms with Crippen molar-refractivity contribution in [2.24, 2.45) is 16.6 Å². The maximum Gasteiger partial charge on any atom is 0.387 e. The van der Waals surface area contributed by atoms with Gasteiger partial charge >= 0.3 is 6.61 Å². The number of piperidine rings is 1. The van der Waals surface area contributed by atoms with Crippen LogP contribution in [0.25, 0.3) is 0 Å². The predicted molar refractivity (Wildman–Crippen MR) is 89.8 cm³/mol. The van der Waals surface area contributed by atoms with Gasteiger partial charge < -0.3 is 20.1 Å². The van der Waals surface area contributed by atoms with Gasteiger partial charge in [-0.3, -0.25) is 4.99 Å². The van der Waals surface area contributed by atoms with Crippen LogP contribution < -0.4 is 15.2 Å². The molecule has 1 aliphatic rings. The summed E-state index contributed by atoms with van der Waals surface area (Å²) >= 11 is 0. The van der Waals surface area contributed by atoms with Crippen LogP contribution in [0.1, 0.15) is 25.3 Å². The highest BCUT2D eigenvalue weighted by molar-refractivity contribution is 5.78. The van der Waals surface area contributed by atoms with Gasteiger partial charge in [-0.25, -0.2) is 0 Å². The first-order valence-electron chi connectivity index (χ1n) is 8.16. The summed E-state index contributed by atoms with van der Waals surface area (Å²) in [5.74, 6) is 1.50. The Labute approximate surface area is 141 Å². The highest BCUT2D eigenvalue weighted by atomic mass is 19.3. The van der Waals surface area contributed by atoms with Crippen molar-refractivity contribution in [1.82, 2.24) is 4.90 Å². The Bertz CT molecular complexity index is 567. The number of ether oxygens (including phenoxy) is 2. The lowest BCUT2D eigenvalue weighted by molar-refractivity contribution is -0.0512. The minimum Gasteiger partial charge on any atom is -0.493 e. The number of rotatable bonds is 6. The molecule has 2 N–H and O–H groups in total. The lowest BCUT2D eigenvalue weighted by Crippen LogP contribution is -2.43. The van der Waals surface area contributed by atoms with Crippen LogP contribution in [0.3, 0.4) is 0 Å². The van der Waals surface area contributed by atoms with Crippen LogP contribution in [0.2, 0.25) is 0 Å². The van der Waals surface area contributed by atoms with Crippen molar-refractivity contribution in [3.05, 3.63) is 23.8 Å². The van der Waals surface area contributed by atoms with E-state index in [-0.39, 0.29) is 11.5 Å². The molecule has 0 amide bonds. The second-order valence-corrected chi connectivity index (χ2v) is 6.05. The van der Waals surface area contributed by atoms with Crippen LogP contribution in [0.5, 0.6) is 11.5 Å². The zero-order valence-electron chi connectivity index (χ0n) is 14.2. The third-order valence-corrected chi connectivity index (χ3v) is 4.10. The largest absolute Gasteiger partial charge is 0.493 e. The second kappa shape index (κ2) is 8.70. The zero-order chi connectivity index (χ0) is 17.5. The number of alkyl halides is 2. The van der Waals surface area contributed by atoms with E-state index >= 15 is 0 Å². The quantitative estimate of drug-likeness (QED) is 0.638. The molecule has 1 unspecified atom stereocenters. The molecule has 0 saturated carbocycles. The number of nitrogens with two attached hydrogens (primary N) is 1. The first-order valence-corrected chi connectivity index (χ1v) is 8.16. The highest BCUT2D eigenvalue weighted by Gasteiger charge is 2.17. The average Bonchev–Trinajstić information content (AvgIpc) is 2.54. The van der Waals surface area contributed by atoms with Crippen LogP contribution in [0.4, 0.5) is 8.78 Å². The van der Waals surface area contributed by atoms with E-state index in [0.717, 1.165) is 25.1 Å². The summed E-state index contributed by atoms with van der Waals surface area (Å²) in [5, 5.41) is 0. The Balaban J connectivity index is 1.94. The molecular weight excluding hydrogens is 316 g/mol. The van der Waals surface area contributed by atoms with E-state index < -0.39 is 6.61 Å². The number of guanidine groups is 1. The smallest absolute Gasteiger partial charge is 0.387 e. The monoisotopic (exact) mass is 341 g/mol. The van der Waals surface area contributed by atoms with Gasteiger partial charge in [-0.05, 0) is 42.9 Å². The summed E-state index contributed by atoms with van der Waals surface area (Å²) in [6.45, 7) is 1.70. The van der Waals surface area contributed by atoms with Gasteiger partial charge in [0.2, 0.25) is 0 Å². The van der Waals surface area contributed by atoms with E-state index in [2.05, 4.69) is 21.6 Å². The third kappa shape index (κ3) is 5.25. The van der Waals surface area contributed by atoms with E-state index in [0.29, 0.717) is 24.8 Å². The maximum atomic E-state index is 12.4. The number of benzene rings is 1. The average molecular weight is 341 g/mol. The van der Waals surface area contributed by atoms with Gasteiger partial charge in [0.15, 0.2) is 17.5 Å². The van der Waals surface area contributed by atoms with Gasteiger partial charge in [-0.15, -0.1) is 0 Å². The number of aliphatic imine (C=N–C) groups is 1. The summed E-state index contributed by atoms with van der Waals surface area (Å²) in [5.41, 5.74) is 6.89. The lowest BCUT2D eigenvalue weighted by Gasteiger charge is -2.31. The summed E-state index contributed by atoms with van der Waals surface area (Å²) < 4.78 is 34.4. The van der Waals surface area contributed by atoms with Crippen molar-refractivity contribution in [3.8, 4) is 11.5 Å². The number of halogens is 2. The molecule has 0 spiro atoms. The van der Waals surface area contributed by atoms with Crippen molar-refractivity contribution in [3.63, 3.8) is 0 Å². The molecule has 1 saturated heterocycles. The minimum absolute atomic E-state index is 0.0341. The van der Waals surface area contributed by atoms with Gasteiger partial charge in [0.25, 0.3) is 0 Å². The summed E-state index contributed by atoms with van der Waals surface area (Å²) in [4.78, 5) is 6.52. The highest BCUT2D eigenvalue weighted by Crippen LogP contribution is 2.29. The zero-order valence-corrected chi connectivity index (χ0v) is 14.2. The molecule has 134 valence electrons. The first-order chi connectivity index (χ1) is 11.5.